The van der Waals surface area contributed by atoms with Gasteiger partial charge in [-0.15, -0.1) is 0 Å². The van der Waals surface area contributed by atoms with Gasteiger partial charge in [-0.2, -0.15) is 5.26 Å². The molecule has 0 spiro atoms. The van der Waals surface area contributed by atoms with E-state index in [1.165, 1.54) is 0 Å². The van der Waals surface area contributed by atoms with Crippen LogP contribution >= 0.6 is 11.6 Å². The number of Topliss-reactive ketones (excluding diaryl/α,β-unsaturated/α-hetero) is 1. The van der Waals surface area contributed by atoms with E-state index in [2.05, 4.69) is 5.32 Å². The largest absolute Gasteiger partial charge is 0.457 e. The van der Waals surface area contributed by atoms with Crippen molar-refractivity contribution in [3.05, 3.63) is 53.1 Å². The number of nitriles is 1. The number of hydrogen-bond acceptors (Lipinski definition) is 4. The molecule has 0 bridgehead atoms. The van der Waals surface area contributed by atoms with Crippen LogP contribution in [0.4, 0.5) is 5.69 Å². The molecule has 2 aromatic carbocycles. The predicted octanol–water partition coefficient (Wildman–Crippen LogP) is 4.50. The Morgan fingerprint density at radius 1 is 1.19 bits per heavy atom. The van der Waals surface area contributed by atoms with Gasteiger partial charge in [-0.1, -0.05) is 11.6 Å². The second-order valence-corrected chi connectivity index (χ2v) is 6.67. The molecule has 1 fully saturated rings. The van der Waals surface area contributed by atoms with Crippen LogP contribution in [0, 0.1) is 30.1 Å². The number of benzene rings is 2. The van der Waals surface area contributed by atoms with Gasteiger partial charge in [0.1, 0.15) is 11.5 Å². The van der Waals surface area contributed by atoms with Gasteiger partial charge in [0.25, 0.3) is 0 Å². The van der Waals surface area contributed by atoms with Crippen molar-refractivity contribution in [1.82, 2.24) is 0 Å². The van der Waals surface area contributed by atoms with Gasteiger partial charge in [-0.3, -0.25) is 9.59 Å². The summed E-state index contributed by atoms with van der Waals surface area (Å²) in [5, 5.41) is 12.4. The van der Waals surface area contributed by atoms with E-state index in [1.54, 1.807) is 42.5 Å². The highest BCUT2D eigenvalue weighted by Crippen LogP contribution is 2.33. The molecule has 1 unspecified atom stereocenters. The zero-order valence-electron chi connectivity index (χ0n) is 14.2. The first-order valence-corrected chi connectivity index (χ1v) is 8.64. The van der Waals surface area contributed by atoms with Crippen molar-refractivity contribution in [3.63, 3.8) is 0 Å². The smallest absolute Gasteiger partial charge is 0.249 e. The molecule has 2 aromatic rings. The highest BCUT2D eigenvalue weighted by molar-refractivity contribution is 6.31. The summed E-state index contributed by atoms with van der Waals surface area (Å²) >= 11 is 5.99. The second-order valence-electron chi connectivity index (χ2n) is 6.27. The molecule has 1 atom stereocenters. The molecule has 1 aliphatic carbocycles. The Kier molecular flexibility index (Phi) is 5.24. The van der Waals surface area contributed by atoms with Crippen LogP contribution in [0.2, 0.25) is 5.02 Å². The Bertz CT molecular complexity index is 883. The number of ketones is 1. The molecule has 1 N–H and O–H groups in total. The first-order chi connectivity index (χ1) is 12.5. The number of nitrogens with zero attached hydrogens (tertiary/aromatic N) is 1. The summed E-state index contributed by atoms with van der Waals surface area (Å²) in [7, 11) is 0. The molecule has 0 saturated heterocycles. The summed E-state index contributed by atoms with van der Waals surface area (Å²) in [6.07, 6.45) is 1.53. The van der Waals surface area contributed by atoms with Crippen LogP contribution in [0.5, 0.6) is 11.5 Å². The summed E-state index contributed by atoms with van der Waals surface area (Å²) in [6.45, 7) is 1.89. The van der Waals surface area contributed by atoms with Gasteiger partial charge >= 0.3 is 0 Å². The van der Waals surface area contributed by atoms with E-state index in [1.807, 2.05) is 13.0 Å². The number of carbonyl (C=O) groups excluding carboxylic acids is 2. The zero-order chi connectivity index (χ0) is 18.7. The number of rotatable bonds is 6. The molecule has 0 heterocycles. The van der Waals surface area contributed by atoms with Crippen molar-refractivity contribution in [2.45, 2.75) is 19.8 Å². The van der Waals surface area contributed by atoms with Crippen molar-refractivity contribution in [1.29, 1.82) is 5.26 Å². The molecule has 1 amide bonds. The summed E-state index contributed by atoms with van der Waals surface area (Å²) in [5.41, 5.74) is 1.41. The first-order valence-electron chi connectivity index (χ1n) is 8.26. The summed E-state index contributed by atoms with van der Waals surface area (Å²) in [6, 6.07) is 13.9. The Morgan fingerprint density at radius 2 is 1.85 bits per heavy atom. The van der Waals surface area contributed by atoms with Crippen LogP contribution in [0.3, 0.4) is 0 Å². The van der Waals surface area contributed by atoms with Crippen LogP contribution < -0.4 is 10.1 Å². The van der Waals surface area contributed by atoms with E-state index >= 15 is 0 Å². The molecular weight excluding hydrogens is 352 g/mol. The molecule has 1 aliphatic rings. The Balaban J connectivity index is 1.63. The lowest BCUT2D eigenvalue weighted by molar-refractivity contribution is -0.129. The van der Waals surface area contributed by atoms with Gasteiger partial charge in [0.2, 0.25) is 5.91 Å². The lowest BCUT2D eigenvalue weighted by Gasteiger charge is -2.11. The average molecular weight is 369 g/mol. The fourth-order valence-electron chi connectivity index (χ4n) is 2.49. The highest BCUT2D eigenvalue weighted by atomic mass is 35.5. The van der Waals surface area contributed by atoms with Crippen molar-refractivity contribution in [2.75, 3.05) is 5.32 Å². The number of nitrogens with one attached hydrogen (secondary N) is 1. The Morgan fingerprint density at radius 3 is 2.42 bits per heavy atom. The standard InChI is InChI=1S/C20H17ClN2O3/c1-12-10-16(8-9-18(12)21)26-15-6-4-14(5-7-15)23-20(25)17(11-22)19(24)13-2-3-13/h4-10,13,17H,2-3H2,1H3,(H,23,25). The minimum atomic E-state index is -1.25. The third kappa shape index (κ3) is 4.22. The molecule has 26 heavy (non-hydrogen) atoms. The molecule has 3 rings (SSSR count). The Labute approximate surface area is 156 Å². The van der Waals surface area contributed by atoms with Gasteiger partial charge in [-0.25, -0.2) is 0 Å². The third-order valence-electron chi connectivity index (χ3n) is 4.14. The topological polar surface area (TPSA) is 79.2 Å². The van der Waals surface area contributed by atoms with Crippen LogP contribution in [-0.2, 0) is 9.59 Å². The van der Waals surface area contributed by atoms with Gasteiger partial charge in [0.05, 0.1) is 6.07 Å². The van der Waals surface area contributed by atoms with Crippen molar-refractivity contribution in [2.24, 2.45) is 11.8 Å². The molecule has 132 valence electrons. The average Bonchev–Trinajstić information content (AvgIpc) is 3.45. The van der Waals surface area contributed by atoms with E-state index in [0.717, 1.165) is 18.4 Å². The number of aryl methyl sites for hydroxylation is 1. The molecule has 0 aliphatic heterocycles. The lowest BCUT2D eigenvalue weighted by Crippen LogP contribution is -2.29. The normalized spacial score (nSPS) is 14.2. The molecule has 5 nitrogen and oxygen atoms in total. The number of ether oxygens (including phenoxy) is 1. The maximum atomic E-state index is 12.2. The first kappa shape index (κ1) is 18.0. The molecule has 0 radical (unpaired) electrons. The van der Waals surface area contributed by atoms with E-state index in [4.69, 9.17) is 21.6 Å². The number of carbonyl (C=O) groups is 2. The fraction of sp³-hybridized carbons (Fsp3) is 0.250. The number of anilines is 1. The predicted molar refractivity (Wildman–Crippen MR) is 98.2 cm³/mol. The summed E-state index contributed by atoms with van der Waals surface area (Å²) < 4.78 is 5.74. The van der Waals surface area contributed by atoms with Gasteiger partial charge < -0.3 is 10.1 Å². The van der Waals surface area contributed by atoms with E-state index < -0.39 is 11.8 Å². The monoisotopic (exact) mass is 368 g/mol. The SMILES string of the molecule is Cc1cc(Oc2ccc(NC(=O)C(C#N)C(=O)C3CC3)cc2)ccc1Cl. The van der Waals surface area contributed by atoms with E-state index in [0.29, 0.717) is 22.2 Å². The van der Waals surface area contributed by atoms with E-state index in [9.17, 15) is 9.59 Å². The Hall–Kier alpha value is -2.84. The van der Waals surface area contributed by atoms with E-state index in [-0.39, 0.29) is 11.7 Å². The van der Waals surface area contributed by atoms with Crippen LogP contribution in [0.1, 0.15) is 18.4 Å². The summed E-state index contributed by atoms with van der Waals surface area (Å²) in [4.78, 5) is 24.1. The van der Waals surface area contributed by atoms with Crippen LogP contribution in [0.15, 0.2) is 42.5 Å². The second kappa shape index (κ2) is 7.59. The third-order valence-corrected chi connectivity index (χ3v) is 4.57. The molecule has 1 saturated carbocycles. The minimum absolute atomic E-state index is 0.135. The van der Waals surface area contributed by atoms with Crippen molar-refractivity contribution in [3.8, 4) is 17.6 Å². The van der Waals surface area contributed by atoms with Crippen LogP contribution in [0.25, 0.3) is 0 Å². The maximum absolute atomic E-state index is 12.2. The maximum Gasteiger partial charge on any atom is 0.249 e. The van der Waals surface area contributed by atoms with Crippen molar-refractivity contribution < 1.29 is 14.3 Å². The lowest BCUT2D eigenvalue weighted by atomic mass is 10.0. The highest BCUT2D eigenvalue weighted by Gasteiger charge is 2.38. The zero-order valence-corrected chi connectivity index (χ0v) is 14.9. The summed E-state index contributed by atoms with van der Waals surface area (Å²) in [5.74, 6) is -1.02. The minimum Gasteiger partial charge on any atom is -0.457 e. The molecule has 0 aromatic heterocycles. The van der Waals surface area contributed by atoms with Gasteiger partial charge in [0.15, 0.2) is 11.7 Å². The number of hydrogen-bond donors (Lipinski definition) is 1. The van der Waals surface area contributed by atoms with Gasteiger partial charge in [0, 0.05) is 16.6 Å². The van der Waals surface area contributed by atoms with Crippen molar-refractivity contribution >= 4 is 29.0 Å². The number of amides is 1. The quantitative estimate of drug-likeness (QED) is 0.761. The van der Waals surface area contributed by atoms with Gasteiger partial charge in [-0.05, 0) is 67.8 Å². The molecule has 6 heteroatoms. The molecular formula is C20H17ClN2O3. The fourth-order valence-corrected chi connectivity index (χ4v) is 2.61. The van der Waals surface area contributed by atoms with Crippen LogP contribution in [-0.4, -0.2) is 11.7 Å². The number of halogens is 1.